The quantitative estimate of drug-likeness (QED) is 0.765. The Labute approximate surface area is 156 Å². The molecule has 2 aromatic rings. The zero-order valence-corrected chi connectivity index (χ0v) is 15.1. The summed E-state index contributed by atoms with van der Waals surface area (Å²) in [6.45, 7) is 1.29. The average Bonchev–Trinajstić information content (AvgIpc) is 3.04. The summed E-state index contributed by atoms with van der Waals surface area (Å²) in [6.07, 6.45) is 2.12. The highest BCUT2D eigenvalue weighted by atomic mass is 35.5. The minimum absolute atomic E-state index is 0.0699. The van der Waals surface area contributed by atoms with Gasteiger partial charge in [-0.15, -0.1) is 0 Å². The maximum atomic E-state index is 11.0. The van der Waals surface area contributed by atoms with Gasteiger partial charge in [-0.25, -0.2) is 0 Å². The molecule has 4 nitrogen and oxygen atoms in total. The summed E-state index contributed by atoms with van der Waals surface area (Å²) < 4.78 is 5.78. The van der Waals surface area contributed by atoms with E-state index in [9.17, 15) is 4.79 Å². The van der Waals surface area contributed by atoms with Gasteiger partial charge in [0, 0.05) is 18.3 Å². The number of benzene rings is 2. The van der Waals surface area contributed by atoms with Crippen molar-refractivity contribution in [2.24, 2.45) is 0 Å². The number of aliphatic carboxylic acids is 1. The van der Waals surface area contributed by atoms with E-state index in [1.165, 1.54) is 0 Å². The van der Waals surface area contributed by atoms with Crippen LogP contribution in [0.15, 0.2) is 42.5 Å². The summed E-state index contributed by atoms with van der Waals surface area (Å²) in [5, 5.41) is 10.1. The molecule has 1 unspecified atom stereocenters. The Hall–Kier alpha value is -1.91. The molecule has 1 saturated heterocycles. The van der Waals surface area contributed by atoms with Gasteiger partial charge in [-0.3, -0.25) is 4.79 Å². The molecule has 0 bridgehead atoms. The largest absolute Gasteiger partial charge is 0.489 e. The van der Waals surface area contributed by atoms with Crippen LogP contribution in [0.2, 0.25) is 10.0 Å². The molecule has 1 heterocycles. The fourth-order valence-electron chi connectivity index (χ4n) is 3.12. The SMILES string of the molecule is O=C(O)CC1CCCN1c1ccc(OCc2ccc(Cl)c(Cl)c2)cc1. The number of carboxylic acids is 1. The van der Waals surface area contributed by atoms with E-state index >= 15 is 0 Å². The molecule has 25 heavy (non-hydrogen) atoms. The van der Waals surface area contributed by atoms with E-state index in [1.54, 1.807) is 12.1 Å². The number of carboxylic acid groups (broad SMARTS) is 1. The van der Waals surface area contributed by atoms with Crippen LogP contribution < -0.4 is 9.64 Å². The third-order valence-electron chi connectivity index (χ3n) is 4.35. The number of ether oxygens (including phenoxy) is 1. The van der Waals surface area contributed by atoms with Crippen molar-refractivity contribution in [3.63, 3.8) is 0 Å². The molecule has 0 saturated carbocycles. The van der Waals surface area contributed by atoms with Crippen molar-refractivity contribution in [1.82, 2.24) is 0 Å². The molecule has 0 radical (unpaired) electrons. The zero-order valence-electron chi connectivity index (χ0n) is 13.6. The first-order valence-corrected chi connectivity index (χ1v) is 8.94. The lowest BCUT2D eigenvalue weighted by atomic mass is 10.1. The summed E-state index contributed by atoms with van der Waals surface area (Å²) in [6, 6.07) is 13.3. The van der Waals surface area contributed by atoms with Crippen molar-refractivity contribution in [2.75, 3.05) is 11.4 Å². The van der Waals surface area contributed by atoms with Crippen LogP contribution in [-0.4, -0.2) is 23.7 Å². The van der Waals surface area contributed by atoms with Crippen LogP contribution in [0.4, 0.5) is 5.69 Å². The fraction of sp³-hybridized carbons (Fsp3) is 0.316. The Bertz CT molecular complexity index is 749. The number of halogens is 2. The summed E-state index contributed by atoms with van der Waals surface area (Å²) in [4.78, 5) is 13.2. The molecule has 6 heteroatoms. The summed E-state index contributed by atoms with van der Waals surface area (Å²) in [7, 11) is 0. The molecular weight excluding hydrogens is 361 g/mol. The molecule has 3 rings (SSSR count). The van der Waals surface area contributed by atoms with E-state index in [0.29, 0.717) is 16.7 Å². The van der Waals surface area contributed by atoms with E-state index < -0.39 is 5.97 Å². The van der Waals surface area contributed by atoms with Crippen LogP contribution in [0.25, 0.3) is 0 Å². The first-order chi connectivity index (χ1) is 12.0. The lowest BCUT2D eigenvalue weighted by Gasteiger charge is -2.25. The van der Waals surface area contributed by atoms with Gasteiger partial charge in [0.15, 0.2) is 0 Å². The maximum Gasteiger partial charge on any atom is 0.305 e. The summed E-state index contributed by atoms with van der Waals surface area (Å²) in [5.74, 6) is 0.00211. The minimum Gasteiger partial charge on any atom is -0.489 e. The molecule has 1 atom stereocenters. The highest BCUT2D eigenvalue weighted by Gasteiger charge is 2.26. The van der Waals surface area contributed by atoms with Crippen LogP contribution in [0.5, 0.6) is 5.75 Å². The number of hydrogen-bond donors (Lipinski definition) is 1. The van der Waals surface area contributed by atoms with Gasteiger partial charge in [0.2, 0.25) is 0 Å². The van der Waals surface area contributed by atoms with Crippen molar-refractivity contribution in [3.8, 4) is 5.75 Å². The van der Waals surface area contributed by atoms with Gasteiger partial charge in [0.05, 0.1) is 16.5 Å². The lowest BCUT2D eigenvalue weighted by molar-refractivity contribution is -0.137. The van der Waals surface area contributed by atoms with E-state index in [-0.39, 0.29) is 12.5 Å². The Morgan fingerprint density at radius 2 is 1.92 bits per heavy atom. The molecule has 1 fully saturated rings. The van der Waals surface area contributed by atoms with Gasteiger partial charge >= 0.3 is 5.97 Å². The lowest BCUT2D eigenvalue weighted by Crippen LogP contribution is -2.31. The molecule has 1 N–H and O–H groups in total. The summed E-state index contributed by atoms with van der Waals surface area (Å²) >= 11 is 11.9. The second kappa shape index (κ2) is 7.98. The first-order valence-electron chi connectivity index (χ1n) is 8.18. The van der Waals surface area contributed by atoms with Gasteiger partial charge in [0.25, 0.3) is 0 Å². The van der Waals surface area contributed by atoms with Crippen LogP contribution in [-0.2, 0) is 11.4 Å². The molecule has 132 valence electrons. The van der Waals surface area contributed by atoms with Crippen LogP contribution in [0.3, 0.4) is 0 Å². The van der Waals surface area contributed by atoms with Gasteiger partial charge in [-0.05, 0) is 54.8 Å². The minimum atomic E-state index is -0.751. The molecule has 2 aromatic carbocycles. The second-order valence-electron chi connectivity index (χ2n) is 6.12. The van der Waals surface area contributed by atoms with Gasteiger partial charge in [-0.1, -0.05) is 29.3 Å². The van der Waals surface area contributed by atoms with E-state index in [4.69, 9.17) is 33.0 Å². The van der Waals surface area contributed by atoms with Crippen molar-refractivity contribution in [2.45, 2.75) is 31.9 Å². The highest BCUT2D eigenvalue weighted by Crippen LogP contribution is 2.29. The number of hydrogen-bond acceptors (Lipinski definition) is 3. The molecule has 0 aliphatic carbocycles. The number of carbonyl (C=O) groups is 1. The van der Waals surface area contributed by atoms with Gasteiger partial charge in [0.1, 0.15) is 12.4 Å². The van der Waals surface area contributed by atoms with Gasteiger partial charge < -0.3 is 14.7 Å². The molecular formula is C19H19Cl2NO3. The van der Waals surface area contributed by atoms with E-state index in [0.717, 1.165) is 36.4 Å². The van der Waals surface area contributed by atoms with E-state index in [2.05, 4.69) is 4.90 Å². The van der Waals surface area contributed by atoms with Gasteiger partial charge in [-0.2, -0.15) is 0 Å². The second-order valence-corrected chi connectivity index (χ2v) is 6.93. The first kappa shape index (κ1) is 17.9. The molecule has 1 aliphatic heterocycles. The maximum absolute atomic E-state index is 11.0. The fourth-order valence-corrected chi connectivity index (χ4v) is 3.44. The standard InChI is InChI=1S/C19H19Cl2NO3/c20-17-8-3-13(10-18(17)21)12-25-16-6-4-14(5-7-16)22-9-1-2-15(22)11-19(23)24/h3-8,10,15H,1-2,9,11-12H2,(H,23,24). The van der Waals surface area contributed by atoms with Crippen molar-refractivity contribution < 1.29 is 14.6 Å². The smallest absolute Gasteiger partial charge is 0.305 e. The third kappa shape index (κ3) is 4.59. The van der Waals surface area contributed by atoms with Crippen LogP contribution >= 0.6 is 23.2 Å². The number of nitrogens with zero attached hydrogens (tertiary/aromatic N) is 1. The van der Waals surface area contributed by atoms with Crippen molar-refractivity contribution >= 4 is 34.9 Å². The zero-order chi connectivity index (χ0) is 17.8. The predicted molar refractivity (Wildman–Crippen MR) is 99.9 cm³/mol. The molecule has 0 amide bonds. The van der Waals surface area contributed by atoms with E-state index in [1.807, 2.05) is 30.3 Å². The summed E-state index contributed by atoms with van der Waals surface area (Å²) in [5.41, 5.74) is 1.98. The Morgan fingerprint density at radius 3 is 2.60 bits per heavy atom. The third-order valence-corrected chi connectivity index (χ3v) is 5.08. The Morgan fingerprint density at radius 1 is 1.16 bits per heavy atom. The molecule has 1 aliphatic rings. The van der Waals surface area contributed by atoms with Crippen molar-refractivity contribution in [3.05, 3.63) is 58.1 Å². The predicted octanol–water partition coefficient (Wildman–Crippen LogP) is 5.02. The monoisotopic (exact) mass is 379 g/mol. The highest BCUT2D eigenvalue weighted by molar-refractivity contribution is 6.42. The molecule has 0 spiro atoms. The number of rotatable bonds is 6. The topological polar surface area (TPSA) is 49.8 Å². The molecule has 0 aromatic heterocycles. The average molecular weight is 380 g/mol. The van der Waals surface area contributed by atoms with Crippen molar-refractivity contribution in [1.29, 1.82) is 0 Å². The van der Waals surface area contributed by atoms with Crippen LogP contribution in [0, 0.1) is 0 Å². The van der Waals surface area contributed by atoms with Crippen LogP contribution in [0.1, 0.15) is 24.8 Å². The Balaban J connectivity index is 1.62. The number of anilines is 1. The Kier molecular flexibility index (Phi) is 5.71. The normalized spacial score (nSPS) is 16.9.